The molecule has 12 nitrogen and oxygen atoms in total. The van der Waals surface area contributed by atoms with Crippen LogP contribution in [0.5, 0.6) is 23.0 Å². The number of methoxy groups -OCH3 is 2. The van der Waals surface area contributed by atoms with Crippen molar-refractivity contribution in [3.8, 4) is 23.0 Å². The van der Waals surface area contributed by atoms with Gasteiger partial charge < -0.3 is 28.4 Å². The second-order valence-corrected chi connectivity index (χ2v) is 13.8. The summed E-state index contributed by atoms with van der Waals surface area (Å²) in [6.45, 7) is -1.75. The lowest BCUT2D eigenvalue weighted by Crippen LogP contribution is -2.42. The van der Waals surface area contributed by atoms with Crippen LogP contribution in [0.1, 0.15) is 49.8 Å². The summed E-state index contributed by atoms with van der Waals surface area (Å²) in [5.74, 6) is -1.10. The quantitative estimate of drug-likeness (QED) is 0.108. The fourth-order valence-electron chi connectivity index (χ4n) is 4.76. The van der Waals surface area contributed by atoms with Gasteiger partial charge in [-0.3, -0.25) is 14.6 Å². The van der Waals surface area contributed by atoms with Gasteiger partial charge in [0, 0.05) is 31.8 Å². The molecule has 2 atom stereocenters. The summed E-state index contributed by atoms with van der Waals surface area (Å²) >= 11 is 12.8. The van der Waals surface area contributed by atoms with Crippen molar-refractivity contribution in [3.05, 3.63) is 70.0 Å². The molecule has 0 aliphatic heterocycles. The molecule has 1 heterocycles. The predicted octanol–water partition coefficient (Wildman–Crippen LogP) is 6.31. The molecule has 50 heavy (non-hydrogen) atoms. The zero-order valence-electron chi connectivity index (χ0n) is 27.3. The Kier molecular flexibility index (Phi) is 13.9. The highest BCUT2D eigenvalue weighted by Crippen LogP contribution is 2.38. The van der Waals surface area contributed by atoms with Crippen LogP contribution in [0, 0.1) is 5.92 Å². The van der Waals surface area contributed by atoms with E-state index in [0.717, 1.165) is 12.8 Å². The number of ether oxygens (including phenoxy) is 6. The monoisotopic (exact) mass is 760 g/mol. The van der Waals surface area contributed by atoms with E-state index in [0.29, 0.717) is 5.56 Å². The van der Waals surface area contributed by atoms with Crippen molar-refractivity contribution in [2.24, 2.45) is 5.92 Å². The number of pyridine rings is 1. The highest BCUT2D eigenvalue weighted by atomic mass is 35.5. The summed E-state index contributed by atoms with van der Waals surface area (Å²) in [5, 5.41) is 0.321. The van der Waals surface area contributed by atoms with Crippen molar-refractivity contribution >= 4 is 45.2 Å². The van der Waals surface area contributed by atoms with E-state index in [1.807, 2.05) is 0 Å². The maximum atomic E-state index is 13.9. The van der Waals surface area contributed by atoms with Gasteiger partial charge in [-0.15, -0.1) is 0 Å². The number of esters is 2. The second kappa shape index (κ2) is 17.8. The second-order valence-electron chi connectivity index (χ2n) is 11.2. The Balaban J connectivity index is 1.69. The Hall–Kier alpha value is -3.92. The number of benzene rings is 2. The first kappa shape index (κ1) is 38.9. The number of aromatic nitrogens is 1. The molecule has 4 rings (SSSR count). The number of carbonyl (C=O) groups excluding carboxylic acids is 2. The van der Waals surface area contributed by atoms with Crippen LogP contribution in [-0.4, -0.2) is 65.4 Å². The lowest BCUT2D eigenvalue weighted by molar-refractivity contribution is -0.151. The normalized spacial score (nSPS) is 14.1. The molecule has 0 amide bonds. The number of nitrogens with zero attached hydrogens (tertiary/aromatic N) is 1. The molecule has 0 saturated heterocycles. The molecular weight excluding hydrogens is 725 g/mol. The number of nitrogens with one attached hydrogen (secondary N) is 1. The van der Waals surface area contributed by atoms with Crippen molar-refractivity contribution < 1.29 is 55.2 Å². The van der Waals surface area contributed by atoms with Gasteiger partial charge in [-0.1, -0.05) is 29.3 Å². The molecular formula is C33H36Cl2F2N2O10S. The zero-order chi connectivity index (χ0) is 36.4. The minimum absolute atomic E-state index is 0.00485. The highest BCUT2D eigenvalue weighted by Gasteiger charge is 2.32. The molecule has 1 aromatic heterocycles. The van der Waals surface area contributed by atoms with Crippen LogP contribution in [-0.2, 0) is 35.5 Å². The van der Waals surface area contributed by atoms with Crippen molar-refractivity contribution in [2.75, 3.05) is 27.4 Å². The molecule has 272 valence electrons. The first-order valence-corrected chi connectivity index (χ1v) is 17.6. The van der Waals surface area contributed by atoms with Crippen LogP contribution in [0.25, 0.3) is 0 Å². The van der Waals surface area contributed by atoms with Crippen LogP contribution in [0.3, 0.4) is 0 Å². The van der Waals surface area contributed by atoms with Crippen molar-refractivity contribution in [3.63, 3.8) is 0 Å². The average molecular weight is 762 g/mol. The third kappa shape index (κ3) is 11.0. The van der Waals surface area contributed by atoms with E-state index in [2.05, 4.69) is 14.4 Å². The summed E-state index contributed by atoms with van der Waals surface area (Å²) in [6, 6.07) is 6.48. The van der Waals surface area contributed by atoms with Crippen LogP contribution in [0.15, 0.2) is 53.7 Å². The van der Waals surface area contributed by atoms with Gasteiger partial charge in [0.1, 0.15) is 12.1 Å². The Labute approximate surface area is 298 Å². The fourth-order valence-corrected chi connectivity index (χ4v) is 6.51. The molecule has 2 aromatic carbocycles. The van der Waals surface area contributed by atoms with Crippen LogP contribution in [0.2, 0.25) is 10.0 Å². The minimum atomic E-state index is -4.37. The summed E-state index contributed by atoms with van der Waals surface area (Å²) in [7, 11) is -1.64. The van der Waals surface area contributed by atoms with Crippen LogP contribution in [0.4, 0.5) is 8.78 Å². The highest BCUT2D eigenvalue weighted by molar-refractivity contribution is 7.89. The standard InChI is InChI=1S/C33H36Cl2F2N2O10S/c1-19(40)46-12-4-5-26(39-50(42,43)22-9-11-27(44-2)30(14-22)45-3)32(41)48-29(15-23-24(34)16-38-17-25(23)35)21-8-10-28(49-33(36)37)31(13-21)47-18-20-6-7-20/h8-11,13-14,16-17,20,26,29,33,39H,4-7,12,15,18H2,1-3H3/t26-,29+/m1/s1. The van der Waals surface area contributed by atoms with E-state index in [-0.39, 0.29) is 81.9 Å². The first-order chi connectivity index (χ1) is 23.8. The number of alkyl halides is 2. The molecule has 3 aromatic rings. The van der Waals surface area contributed by atoms with E-state index in [9.17, 15) is 26.8 Å². The van der Waals surface area contributed by atoms with Crippen molar-refractivity contribution in [1.82, 2.24) is 9.71 Å². The van der Waals surface area contributed by atoms with E-state index < -0.39 is 40.7 Å². The van der Waals surface area contributed by atoms with Gasteiger partial charge in [-0.25, -0.2) is 8.42 Å². The Morgan fingerprint density at radius 2 is 1.66 bits per heavy atom. The molecule has 17 heteroatoms. The van der Waals surface area contributed by atoms with E-state index >= 15 is 0 Å². The van der Waals surface area contributed by atoms with Gasteiger partial charge in [0.05, 0.1) is 42.4 Å². The third-order valence-corrected chi connectivity index (χ3v) is 9.64. The Morgan fingerprint density at radius 1 is 0.980 bits per heavy atom. The Bertz CT molecular complexity index is 1740. The largest absolute Gasteiger partial charge is 0.493 e. The minimum Gasteiger partial charge on any atom is -0.493 e. The smallest absolute Gasteiger partial charge is 0.387 e. The molecule has 0 unspecified atom stereocenters. The lowest BCUT2D eigenvalue weighted by atomic mass is 10.0. The number of hydrogen-bond donors (Lipinski definition) is 1. The van der Waals surface area contributed by atoms with Gasteiger partial charge in [-0.2, -0.15) is 13.5 Å². The molecule has 0 bridgehead atoms. The maximum absolute atomic E-state index is 13.9. The van der Waals surface area contributed by atoms with Crippen molar-refractivity contribution in [2.45, 2.75) is 62.7 Å². The third-order valence-electron chi connectivity index (χ3n) is 7.52. The van der Waals surface area contributed by atoms with Gasteiger partial charge in [0.2, 0.25) is 10.0 Å². The van der Waals surface area contributed by atoms with Crippen LogP contribution >= 0.6 is 23.2 Å². The van der Waals surface area contributed by atoms with Gasteiger partial charge in [0.15, 0.2) is 23.0 Å². The first-order valence-electron chi connectivity index (χ1n) is 15.4. The predicted molar refractivity (Wildman–Crippen MR) is 178 cm³/mol. The number of hydrogen-bond acceptors (Lipinski definition) is 11. The Morgan fingerprint density at radius 3 is 2.28 bits per heavy atom. The molecule has 1 saturated carbocycles. The van der Waals surface area contributed by atoms with Crippen LogP contribution < -0.4 is 23.7 Å². The van der Waals surface area contributed by atoms with E-state index in [4.69, 9.17) is 46.9 Å². The molecule has 1 aliphatic rings. The van der Waals surface area contributed by atoms with Gasteiger partial charge in [0.25, 0.3) is 0 Å². The van der Waals surface area contributed by atoms with E-state index in [1.165, 1.54) is 69.9 Å². The number of rotatable bonds is 19. The maximum Gasteiger partial charge on any atom is 0.387 e. The average Bonchev–Trinajstić information content (AvgIpc) is 3.90. The SMILES string of the molecule is COc1ccc(S(=O)(=O)N[C@H](CCCOC(C)=O)C(=O)O[C@@H](Cc2c(Cl)cncc2Cl)c2ccc(OC(F)F)c(OCC3CC3)c2)cc1OC. The summed E-state index contributed by atoms with van der Waals surface area (Å²) in [6.07, 6.45) is 3.19. The van der Waals surface area contributed by atoms with Crippen molar-refractivity contribution in [1.29, 1.82) is 0 Å². The summed E-state index contributed by atoms with van der Waals surface area (Å²) in [4.78, 5) is 29.0. The molecule has 0 spiro atoms. The number of halogens is 4. The topological polar surface area (TPSA) is 149 Å². The lowest BCUT2D eigenvalue weighted by Gasteiger charge is -2.25. The fraction of sp³-hybridized carbons (Fsp3) is 0.424. The van der Waals surface area contributed by atoms with Gasteiger partial charge in [-0.05, 0) is 67.0 Å². The van der Waals surface area contributed by atoms with E-state index in [1.54, 1.807) is 0 Å². The molecule has 0 radical (unpaired) electrons. The molecule has 1 fully saturated rings. The van der Waals surface area contributed by atoms with Gasteiger partial charge >= 0.3 is 18.6 Å². The number of sulfonamides is 1. The number of carbonyl (C=O) groups is 2. The molecule has 1 aliphatic carbocycles. The zero-order valence-corrected chi connectivity index (χ0v) is 29.7. The molecule has 1 N–H and O–H groups in total. The summed E-state index contributed by atoms with van der Waals surface area (Å²) in [5.41, 5.74) is 0.642. The summed E-state index contributed by atoms with van der Waals surface area (Å²) < 4.78 is 87.8.